The maximum Gasteiger partial charge on any atom is 0.272 e. The predicted molar refractivity (Wildman–Crippen MR) is 86.8 cm³/mol. The Bertz CT molecular complexity index is 523. The third-order valence-corrected chi connectivity index (χ3v) is 5.12. The van der Waals surface area contributed by atoms with E-state index < -0.39 is 0 Å². The molecule has 0 unspecified atom stereocenters. The average Bonchev–Trinajstić information content (AvgIpc) is 3.28. The maximum absolute atomic E-state index is 12.5. The number of piperidine rings is 1. The molecule has 0 bridgehead atoms. The van der Waals surface area contributed by atoms with E-state index in [0.717, 1.165) is 45.1 Å². The normalized spacial score (nSPS) is 22.3. The van der Waals surface area contributed by atoms with E-state index in [1.54, 1.807) is 12.3 Å². The number of hydrogen-bond donors (Lipinski definition) is 2. The highest BCUT2D eigenvalue weighted by atomic mass is 16.2. The van der Waals surface area contributed by atoms with Gasteiger partial charge in [-0.3, -0.25) is 14.7 Å². The molecule has 2 amide bonds. The van der Waals surface area contributed by atoms with Gasteiger partial charge in [0.2, 0.25) is 5.91 Å². The molecule has 1 aliphatic carbocycles. The number of aromatic nitrogens is 2. The zero-order chi connectivity index (χ0) is 16.1. The molecule has 23 heavy (non-hydrogen) atoms. The molecule has 6 nitrogen and oxygen atoms in total. The number of H-pyrrole nitrogens is 1. The van der Waals surface area contributed by atoms with Crippen molar-refractivity contribution in [3.05, 3.63) is 18.0 Å². The molecule has 1 saturated heterocycles. The molecule has 1 aromatic heterocycles. The smallest absolute Gasteiger partial charge is 0.272 e. The van der Waals surface area contributed by atoms with Gasteiger partial charge in [-0.2, -0.15) is 5.10 Å². The van der Waals surface area contributed by atoms with Crippen LogP contribution in [0.1, 0.15) is 61.9 Å². The summed E-state index contributed by atoms with van der Waals surface area (Å²) >= 11 is 0. The zero-order valence-electron chi connectivity index (χ0n) is 13.6. The predicted octanol–water partition coefficient (Wildman–Crippen LogP) is 2.10. The van der Waals surface area contributed by atoms with E-state index in [4.69, 9.17) is 0 Å². The van der Waals surface area contributed by atoms with Crippen LogP contribution >= 0.6 is 0 Å². The first-order valence-corrected chi connectivity index (χ1v) is 8.84. The first-order chi connectivity index (χ1) is 11.3. The Labute approximate surface area is 137 Å². The minimum absolute atomic E-state index is 0.0225. The molecule has 2 N–H and O–H groups in total. The molecule has 3 rings (SSSR count). The molecule has 6 heteroatoms. The van der Waals surface area contributed by atoms with Crippen molar-refractivity contribution in [1.82, 2.24) is 20.4 Å². The Morgan fingerprint density at radius 1 is 1.22 bits per heavy atom. The Hall–Kier alpha value is -1.85. The number of nitrogens with one attached hydrogen (secondary N) is 2. The summed E-state index contributed by atoms with van der Waals surface area (Å²) < 4.78 is 0. The van der Waals surface area contributed by atoms with Gasteiger partial charge in [0.15, 0.2) is 0 Å². The van der Waals surface area contributed by atoms with Crippen LogP contribution in [0.25, 0.3) is 0 Å². The number of carbonyl (C=O) groups is 2. The molecule has 2 aliphatic rings. The van der Waals surface area contributed by atoms with Crippen molar-refractivity contribution in [3.63, 3.8) is 0 Å². The molecular formula is C17H26N4O2. The van der Waals surface area contributed by atoms with Gasteiger partial charge in [-0.05, 0) is 44.6 Å². The average molecular weight is 318 g/mol. The fourth-order valence-corrected chi connectivity index (χ4v) is 3.79. The SMILES string of the molecule is O=C(NCC[C@H]1CCCCN1C(=O)c1ccn[nH]1)C1CCCC1. The van der Waals surface area contributed by atoms with Crippen LogP contribution in [-0.4, -0.2) is 46.0 Å². The van der Waals surface area contributed by atoms with Crippen LogP contribution in [0.3, 0.4) is 0 Å². The lowest BCUT2D eigenvalue weighted by molar-refractivity contribution is -0.124. The largest absolute Gasteiger partial charge is 0.356 e. The number of rotatable bonds is 5. The fraction of sp³-hybridized carbons (Fsp3) is 0.706. The van der Waals surface area contributed by atoms with Crippen molar-refractivity contribution >= 4 is 11.8 Å². The molecule has 1 aliphatic heterocycles. The number of likely N-dealkylation sites (tertiary alicyclic amines) is 1. The van der Waals surface area contributed by atoms with Crippen LogP contribution in [0.5, 0.6) is 0 Å². The highest BCUT2D eigenvalue weighted by molar-refractivity contribution is 5.92. The van der Waals surface area contributed by atoms with Gasteiger partial charge < -0.3 is 10.2 Å². The first-order valence-electron chi connectivity index (χ1n) is 8.84. The van der Waals surface area contributed by atoms with Crippen molar-refractivity contribution in [1.29, 1.82) is 0 Å². The Morgan fingerprint density at radius 3 is 2.74 bits per heavy atom. The van der Waals surface area contributed by atoms with Gasteiger partial charge in [-0.25, -0.2) is 0 Å². The van der Waals surface area contributed by atoms with Crippen LogP contribution in [-0.2, 0) is 4.79 Å². The molecule has 2 heterocycles. The van der Waals surface area contributed by atoms with Gasteiger partial charge in [0, 0.05) is 31.2 Å². The van der Waals surface area contributed by atoms with E-state index in [2.05, 4.69) is 15.5 Å². The van der Waals surface area contributed by atoms with Crippen LogP contribution in [0, 0.1) is 5.92 Å². The highest BCUT2D eigenvalue weighted by Gasteiger charge is 2.28. The van der Waals surface area contributed by atoms with Crippen LogP contribution in [0.15, 0.2) is 12.3 Å². The van der Waals surface area contributed by atoms with Crippen molar-refractivity contribution in [2.75, 3.05) is 13.1 Å². The van der Waals surface area contributed by atoms with E-state index in [1.165, 1.54) is 12.8 Å². The van der Waals surface area contributed by atoms with Gasteiger partial charge in [0.25, 0.3) is 5.91 Å². The molecule has 0 spiro atoms. The van der Waals surface area contributed by atoms with E-state index in [0.29, 0.717) is 12.2 Å². The molecule has 126 valence electrons. The van der Waals surface area contributed by atoms with E-state index >= 15 is 0 Å². The Morgan fingerprint density at radius 2 is 2.00 bits per heavy atom. The summed E-state index contributed by atoms with van der Waals surface area (Å²) in [5.74, 6) is 0.433. The molecule has 2 fully saturated rings. The highest BCUT2D eigenvalue weighted by Crippen LogP contribution is 2.25. The lowest BCUT2D eigenvalue weighted by Crippen LogP contribution is -2.45. The van der Waals surface area contributed by atoms with Gasteiger partial charge in [-0.1, -0.05) is 12.8 Å². The topological polar surface area (TPSA) is 78.1 Å². The minimum Gasteiger partial charge on any atom is -0.356 e. The molecule has 0 aromatic carbocycles. The van der Waals surface area contributed by atoms with E-state index in [1.807, 2.05) is 4.90 Å². The molecule has 0 radical (unpaired) electrons. The number of amides is 2. The minimum atomic E-state index is 0.0225. The summed E-state index contributed by atoms with van der Waals surface area (Å²) in [6, 6.07) is 1.93. The number of nitrogens with zero attached hydrogens (tertiary/aromatic N) is 2. The van der Waals surface area contributed by atoms with Gasteiger partial charge in [0.05, 0.1) is 0 Å². The lowest BCUT2D eigenvalue weighted by Gasteiger charge is -2.35. The summed E-state index contributed by atoms with van der Waals surface area (Å²) in [6.45, 7) is 1.45. The number of hydrogen-bond acceptors (Lipinski definition) is 3. The zero-order valence-corrected chi connectivity index (χ0v) is 13.6. The van der Waals surface area contributed by atoms with Gasteiger partial charge in [-0.15, -0.1) is 0 Å². The van der Waals surface area contributed by atoms with Crippen molar-refractivity contribution in [2.24, 2.45) is 5.92 Å². The van der Waals surface area contributed by atoms with Gasteiger partial charge >= 0.3 is 0 Å². The van der Waals surface area contributed by atoms with Crippen LogP contribution < -0.4 is 5.32 Å². The van der Waals surface area contributed by atoms with E-state index in [9.17, 15) is 9.59 Å². The van der Waals surface area contributed by atoms with E-state index in [-0.39, 0.29) is 23.8 Å². The summed E-state index contributed by atoms with van der Waals surface area (Å²) in [6.07, 6.45) is 10.0. The van der Waals surface area contributed by atoms with Crippen LogP contribution in [0.4, 0.5) is 0 Å². The molecule has 1 atom stereocenters. The van der Waals surface area contributed by atoms with Crippen molar-refractivity contribution in [2.45, 2.75) is 57.4 Å². The Kier molecular flexibility index (Phi) is 5.31. The van der Waals surface area contributed by atoms with Crippen molar-refractivity contribution < 1.29 is 9.59 Å². The van der Waals surface area contributed by atoms with Crippen LogP contribution in [0.2, 0.25) is 0 Å². The van der Waals surface area contributed by atoms with Gasteiger partial charge in [0.1, 0.15) is 5.69 Å². The molecular weight excluding hydrogens is 292 g/mol. The van der Waals surface area contributed by atoms with Crippen molar-refractivity contribution in [3.8, 4) is 0 Å². The standard InChI is InChI=1S/C17H26N4O2/c22-16(13-5-1-2-6-13)18-10-8-14-7-3-4-12-21(14)17(23)15-9-11-19-20-15/h9,11,13-14H,1-8,10,12H2,(H,18,22)(H,19,20)/t14-/m1/s1. The summed E-state index contributed by atoms with van der Waals surface area (Å²) in [5.41, 5.74) is 0.548. The first kappa shape index (κ1) is 16.0. The third kappa shape index (κ3) is 3.92. The third-order valence-electron chi connectivity index (χ3n) is 5.12. The summed E-state index contributed by atoms with van der Waals surface area (Å²) in [7, 11) is 0. The monoisotopic (exact) mass is 318 g/mol. The second-order valence-electron chi connectivity index (χ2n) is 6.68. The summed E-state index contributed by atoms with van der Waals surface area (Å²) in [4.78, 5) is 26.6. The quantitative estimate of drug-likeness (QED) is 0.872. The number of aromatic amines is 1. The Balaban J connectivity index is 1.50. The maximum atomic E-state index is 12.5. The second-order valence-corrected chi connectivity index (χ2v) is 6.68. The molecule has 1 aromatic rings. The molecule has 1 saturated carbocycles. The fourth-order valence-electron chi connectivity index (χ4n) is 3.79. The number of carbonyl (C=O) groups excluding carboxylic acids is 2. The second kappa shape index (κ2) is 7.62. The lowest BCUT2D eigenvalue weighted by atomic mass is 9.98. The summed E-state index contributed by atoms with van der Waals surface area (Å²) in [5, 5.41) is 9.69.